The molecule has 0 saturated carbocycles. The van der Waals surface area contributed by atoms with Gasteiger partial charge < -0.3 is 24.0 Å². The van der Waals surface area contributed by atoms with Crippen molar-refractivity contribution in [2.24, 2.45) is 5.92 Å². The second kappa shape index (κ2) is 9.19. The van der Waals surface area contributed by atoms with Gasteiger partial charge in [0.1, 0.15) is 12.4 Å². The van der Waals surface area contributed by atoms with Gasteiger partial charge in [0.25, 0.3) is 5.91 Å². The van der Waals surface area contributed by atoms with Gasteiger partial charge in [-0.3, -0.25) is 14.6 Å². The van der Waals surface area contributed by atoms with Crippen molar-refractivity contribution in [2.75, 3.05) is 32.8 Å². The molecule has 2 aliphatic heterocycles. The minimum atomic E-state index is -0.605. The molecule has 9 heteroatoms. The average Bonchev–Trinajstić information content (AvgIpc) is 3.54. The first kappa shape index (κ1) is 21.4. The molecular weight excluding hydrogens is 422 g/mol. The van der Waals surface area contributed by atoms with Crippen LogP contribution in [-0.4, -0.2) is 80.0 Å². The monoisotopic (exact) mass is 449 g/mol. The molecule has 33 heavy (non-hydrogen) atoms. The van der Waals surface area contributed by atoms with E-state index >= 15 is 0 Å². The van der Waals surface area contributed by atoms with Crippen LogP contribution in [0.1, 0.15) is 28.9 Å². The first-order valence-electron chi connectivity index (χ1n) is 11.3. The summed E-state index contributed by atoms with van der Waals surface area (Å²) in [6.07, 6.45) is 8.69. The minimum Gasteiger partial charge on any atom is -0.492 e. The molecule has 0 spiro atoms. The quantitative estimate of drug-likeness (QED) is 0.585. The van der Waals surface area contributed by atoms with Gasteiger partial charge in [0, 0.05) is 56.1 Å². The van der Waals surface area contributed by atoms with Crippen LogP contribution in [0.25, 0.3) is 5.65 Å². The Bertz CT molecular complexity index is 1160. The van der Waals surface area contributed by atoms with E-state index in [0.717, 1.165) is 24.3 Å². The number of hydrogen-bond acceptors (Lipinski definition) is 6. The second-order valence-electron chi connectivity index (χ2n) is 8.67. The lowest BCUT2D eigenvalue weighted by molar-refractivity contribution is -0.128. The molecule has 1 aromatic carbocycles. The summed E-state index contributed by atoms with van der Waals surface area (Å²) in [5.41, 5.74) is 2.15. The highest BCUT2D eigenvalue weighted by molar-refractivity contribution is 5.94. The minimum absolute atomic E-state index is 0.0835. The molecule has 0 unspecified atom stereocenters. The van der Waals surface area contributed by atoms with Crippen LogP contribution >= 0.6 is 0 Å². The number of hydrogen-bond donors (Lipinski definition) is 1. The molecule has 9 nitrogen and oxygen atoms in total. The van der Waals surface area contributed by atoms with E-state index in [4.69, 9.17) is 4.74 Å². The molecule has 2 aliphatic rings. The molecule has 0 radical (unpaired) electrons. The summed E-state index contributed by atoms with van der Waals surface area (Å²) < 4.78 is 7.69. The highest BCUT2D eigenvalue weighted by Crippen LogP contribution is 2.24. The predicted molar refractivity (Wildman–Crippen MR) is 120 cm³/mol. The fourth-order valence-electron chi connectivity index (χ4n) is 4.58. The summed E-state index contributed by atoms with van der Waals surface area (Å²) >= 11 is 0. The van der Waals surface area contributed by atoms with E-state index in [1.54, 1.807) is 40.4 Å². The Morgan fingerprint density at radius 2 is 2.15 bits per heavy atom. The third-order valence-corrected chi connectivity index (χ3v) is 6.38. The van der Waals surface area contributed by atoms with Crippen molar-refractivity contribution >= 4 is 17.5 Å². The molecular formula is C24H27N5O4. The van der Waals surface area contributed by atoms with Gasteiger partial charge in [-0.1, -0.05) is 6.07 Å². The van der Waals surface area contributed by atoms with Gasteiger partial charge in [-0.2, -0.15) is 0 Å². The number of amides is 2. The molecule has 0 aliphatic carbocycles. The van der Waals surface area contributed by atoms with E-state index in [1.165, 1.54) is 0 Å². The van der Waals surface area contributed by atoms with Crippen LogP contribution in [0, 0.1) is 5.92 Å². The van der Waals surface area contributed by atoms with Gasteiger partial charge in [0.05, 0.1) is 24.5 Å². The number of nitrogens with zero attached hydrogens (tertiary/aromatic N) is 5. The van der Waals surface area contributed by atoms with Crippen LogP contribution in [0.2, 0.25) is 0 Å². The average molecular weight is 450 g/mol. The topological polar surface area (TPSA) is 100 Å². The predicted octanol–water partition coefficient (Wildman–Crippen LogP) is 1.41. The summed E-state index contributed by atoms with van der Waals surface area (Å²) in [5.74, 6) is 0.557. The largest absolute Gasteiger partial charge is 0.492 e. The van der Waals surface area contributed by atoms with Gasteiger partial charge in [-0.05, 0) is 31.0 Å². The Balaban J connectivity index is 1.18. The number of fused-ring (bicyclic) bond motifs is 1. The number of aliphatic hydroxyl groups is 1. The number of aromatic nitrogens is 3. The van der Waals surface area contributed by atoms with Crippen molar-refractivity contribution in [2.45, 2.75) is 25.4 Å². The summed E-state index contributed by atoms with van der Waals surface area (Å²) in [6.45, 7) is 2.48. The highest BCUT2D eigenvalue weighted by Gasteiger charge is 2.34. The van der Waals surface area contributed by atoms with Crippen LogP contribution < -0.4 is 4.74 Å². The van der Waals surface area contributed by atoms with Gasteiger partial charge in [0.2, 0.25) is 5.91 Å². The Hall–Kier alpha value is -3.46. The molecule has 2 fully saturated rings. The zero-order valence-corrected chi connectivity index (χ0v) is 18.3. The zero-order valence-electron chi connectivity index (χ0n) is 18.3. The molecule has 2 aromatic heterocycles. The maximum absolute atomic E-state index is 13.1. The lowest BCUT2D eigenvalue weighted by Gasteiger charge is -2.18. The number of β-amino-alcohol motifs (C(OH)–C–C–N with tert-alkyl or cyclic N) is 1. The summed E-state index contributed by atoms with van der Waals surface area (Å²) in [7, 11) is 0. The Morgan fingerprint density at radius 3 is 3.00 bits per heavy atom. The van der Waals surface area contributed by atoms with E-state index < -0.39 is 6.10 Å². The lowest BCUT2D eigenvalue weighted by Crippen LogP contribution is -2.30. The van der Waals surface area contributed by atoms with E-state index in [-0.39, 0.29) is 17.7 Å². The second-order valence-corrected chi connectivity index (χ2v) is 8.67. The first-order valence-corrected chi connectivity index (χ1v) is 11.3. The number of imidazole rings is 1. The third kappa shape index (κ3) is 4.68. The third-order valence-electron chi connectivity index (χ3n) is 6.38. The van der Waals surface area contributed by atoms with Crippen LogP contribution in [0.5, 0.6) is 5.75 Å². The molecule has 2 amide bonds. The van der Waals surface area contributed by atoms with Gasteiger partial charge in [-0.25, -0.2) is 4.98 Å². The molecule has 0 bridgehead atoms. The maximum atomic E-state index is 13.1. The zero-order chi connectivity index (χ0) is 22.8. The fraction of sp³-hybridized carbons (Fsp3) is 0.417. The van der Waals surface area contributed by atoms with Gasteiger partial charge >= 0.3 is 0 Å². The Labute approximate surface area is 191 Å². The molecule has 1 N–H and O–H groups in total. The number of benzene rings is 1. The van der Waals surface area contributed by atoms with Crippen molar-refractivity contribution in [3.63, 3.8) is 0 Å². The molecule has 3 aromatic rings. The lowest BCUT2D eigenvalue weighted by atomic mass is 10.0. The van der Waals surface area contributed by atoms with Crippen LogP contribution in [0.3, 0.4) is 0 Å². The SMILES string of the molecule is O=C1CCCN1CCOc1cccc(C(=O)N2C[C@H](Cc3cn4ccnc4cn3)[C@H](O)C2)c1. The van der Waals surface area contributed by atoms with E-state index in [2.05, 4.69) is 9.97 Å². The Kier molecular flexibility index (Phi) is 5.95. The van der Waals surface area contributed by atoms with Crippen LogP contribution in [-0.2, 0) is 11.2 Å². The van der Waals surface area contributed by atoms with Crippen molar-refractivity contribution < 1.29 is 19.4 Å². The smallest absolute Gasteiger partial charge is 0.254 e. The molecule has 4 heterocycles. The number of carbonyl (C=O) groups is 2. The molecule has 172 valence electrons. The number of aliphatic hydroxyl groups excluding tert-OH is 1. The number of likely N-dealkylation sites (tertiary alicyclic amines) is 2. The molecule has 2 saturated heterocycles. The van der Waals surface area contributed by atoms with Crippen LogP contribution in [0.4, 0.5) is 0 Å². The standard InChI is InChI=1S/C24H27N5O4/c30-21-16-29(14-18(21)11-19-15-28-8-6-25-22(28)13-26-19)24(32)17-3-1-4-20(12-17)33-10-9-27-7-2-5-23(27)31/h1,3-4,6,8,12-13,15,18,21,30H,2,5,7,9-11,14,16H2/t18-,21+/m0/s1. The molecule has 5 rings (SSSR count). The van der Waals surface area contributed by atoms with E-state index in [0.29, 0.717) is 50.4 Å². The van der Waals surface area contributed by atoms with Crippen LogP contribution in [0.15, 0.2) is 49.1 Å². The number of ether oxygens (including phenoxy) is 1. The Morgan fingerprint density at radius 1 is 1.24 bits per heavy atom. The van der Waals surface area contributed by atoms with Crippen molar-refractivity contribution in [1.82, 2.24) is 24.2 Å². The van der Waals surface area contributed by atoms with Crippen molar-refractivity contribution in [3.8, 4) is 5.75 Å². The van der Waals surface area contributed by atoms with E-state index in [1.807, 2.05) is 22.9 Å². The van der Waals surface area contributed by atoms with Crippen molar-refractivity contribution in [1.29, 1.82) is 0 Å². The van der Waals surface area contributed by atoms with Gasteiger partial charge in [0.15, 0.2) is 5.65 Å². The van der Waals surface area contributed by atoms with Crippen molar-refractivity contribution in [3.05, 3.63) is 60.3 Å². The number of rotatable bonds is 7. The summed E-state index contributed by atoms with van der Waals surface area (Å²) in [4.78, 5) is 36.9. The fourth-order valence-corrected chi connectivity index (χ4v) is 4.58. The van der Waals surface area contributed by atoms with Gasteiger partial charge in [-0.15, -0.1) is 0 Å². The summed E-state index contributed by atoms with van der Waals surface area (Å²) in [6, 6.07) is 7.08. The normalized spacial score (nSPS) is 20.7. The number of carbonyl (C=O) groups excluding carboxylic acids is 2. The maximum Gasteiger partial charge on any atom is 0.254 e. The first-order chi connectivity index (χ1) is 16.1. The summed E-state index contributed by atoms with van der Waals surface area (Å²) in [5, 5.41) is 10.6. The highest BCUT2D eigenvalue weighted by atomic mass is 16.5. The van der Waals surface area contributed by atoms with E-state index in [9.17, 15) is 14.7 Å². The molecule has 2 atom stereocenters.